The molecule has 0 aromatic rings. The monoisotopic (exact) mass is 218 g/mol. The molecule has 1 aliphatic rings. The Morgan fingerprint density at radius 1 is 1.62 bits per heavy atom. The van der Waals surface area contributed by atoms with E-state index in [1.807, 2.05) is 0 Å². The predicted molar refractivity (Wildman–Crippen MR) is 68.9 cm³/mol. The molecule has 1 heteroatoms. The van der Waals surface area contributed by atoms with Gasteiger partial charge >= 0.3 is 0 Å². The van der Waals surface area contributed by atoms with Crippen molar-refractivity contribution < 1.29 is 5.11 Å². The molecule has 1 nitrogen and oxygen atoms in total. The third kappa shape index (κ3) is 3.00. The third-order valence-electron chi connectivity index (χ3n) is 3.63. The molecule has 0 aromatic carbocycles. The molecular formula is C15H22O. The lowest BCUT2D eigenvalue weighted by atomic mass is 9.77. The number of rotatable bonds is 2. The van der Waals surface area contributed by atoms with E-state index in [9.17, 15) is 5.11 Å². The molecule has 0 aromatic heterocycles. The van der Waals surface area contributed by atoms with Gasteiger partial charge in [-0.25, -0.2) is 0 Å². The van der Waals surface area contributed by atoms with E-state index in [0.29, 0.717) is 18.3 Å². The Morgan fingerprint density at radius 3 is 2.81 bits per heavy atom. The largest absolute Gasteiger partial charge is 0.378 e. The Hall–Kier alpha value is -1.00. The fourth-order valence-electron chi connectivity index (χ4n) is 2.06. The van der Waals surface area contributed by atoms with E-state index in [0.717, 1.165) is 6.42 Å². The van der Waals surface area contributed by atoms with Gasteiger partial charge in [0.05, 0.1) is 0 Å². The average Bonchev–Trinajstić information content (AvgIpc) is 2.24. The van der Waals surface area contributed by atoms with Crippen LogP contribution in [0.15, 0.2) is 23.3 Å². The number of allylic oxidation sites excluding steroid dienone is 3. The van der Waals surface area contributed by atoms with Crippen molar-refractivity contribution >= 4 is 0 Å². The molecule has 1 N–H and O–H groups in total. The minimum Gasteiger partial charge on any atom is -0.378 e. The predicted octanol–water partition coefficient (Wildman–Crippen LogP) is 3.31. The Morgan fingerprint density at radius 2 is 2.25 bits per heavy atom. The van der Waals surface area contributed by atoms with Crippen molar-refractivity contribution in [2.24, 2.45) is 11.8 Å². The number of hydrogen-bond acceptors (Lipinski definition) is 1. The smallest absolute Gasteiger partial charge is 0.125 e. The van der Waals surface area contributed by atoms with Crippen molar-refractivity contribution in [1.29, 1.82) is 0 Å². The van der Waals surface area contributed by atoms with Crippen LogP contribution in [0, 0.1) is 24.2 Å². The fourth-order valence-corrected chi connectivity index (χ4v) is 2.06. The van der Waals surface area contributed by atoms with Crippen molar-refractivity contribution in [2.75, 3.05) is 0 Å². The molecule has 0 unspecified atom stereocenters. The highest BCUT2D eigenvalue weighted by molar-refractivity contribution is 5.34. The number of terminal acetylenes is 1. The van der Waals surface area contributed by atoms with Crippen LogP contribution in [0.5, 0.6) is 0 Å². The molecular weight excluding hydrogens is 196 g/mol. The van der Waals surface area contributed by atoms with Gasteiger partial charge in [-0.15, -0.1) is 6.42 Å². The van der Waals surface area contributed by atoms with E-state index < -0.39 is 5.60 Å². The zero-order valence-electron chi connectivity index (χ0n) is 10.7. The van der Waals surface area contributed by atoms with Crippen molar-refractivity contribution in [1.82, 2.24) is 0 Å². The Labute approximate surface area is 99.3 Å². The maximum absolute atomic E-state index is 9.79. The zero-order chi connectivity index (χ0) is 12.3. The molecule has 3 atom stereocenters. The van der Waals surface area contributed by atoms with Crippen LogP contribution in [0.1, 0.15) is 40.5 Å². The lowest BCUT2D eigenvalue weighted by molar-refractivity contribution is 0.125. The second kappa shape index (κ2) is 4.89. The summed E-state index contributed by atoms with van der Waals surface area (Å²) < 4.78 is 0. The SMILES string of the molecule is C#C[C@@](C)(O)C/C=C1/C(C)=CC[C@@H](C)[C@H]1C. The van der Waals surface area contributed by atoms with Gasteiger partial charge in [-0.3, -0.25) is 0 Å². The number of aliphatic hydroxyl groups is 1. The summed E-state index contributed by atoms with van der Waals surface area (Å²) in [4.78, 5) is 0. The van der Waals surface area contributed by atoms with Crippen LogP contribution >= 0.6 is 0 Å². The summed E-state index contributed by atoms with van der Waals surface area (Å²) in [5.41, 5.74) is 1.65. The standard InChI is InChI=1S/C15H22O/c1-6-15(5,16)10-9-14-12(3)8-7-11(2)13(14)4/h1,8-9,11,13,16H,7,10H2,2-5H3/b14-9-/t11-,13-,15-/m1/s1. The maximum Gasteiger partial charge on any atom is 0.125 e. The van der Waals surface area contributed by atoms with Gasteiger partial charge in [-0.1, -0.05) is 37.5 Å². The molecule has 0 fully saturated rings. The van der Waals surface area contributed by atoms with Crippen molar-refractivity contribution in [3.8, 4) is 12.3 Å². The Balaban J connectivity index is 2.86. The van der Waals surface area contributed by atoms with Crippen LogP contribution in [0.3, 0.4) is 0 Å². The van der Waals surface area contributed by atoms with E-state index in [-0.39, 0.29) is 0 Å². The molecule has 0 amide bonds. The summed E-state index contributed by atoms with van der Waals surface area (Å²) >= 11 is 0. The van der Waals surface area contributed by atoms with Gasteiger partial charge in [0.15, 0.2) is 0 Å². The van der Waals surface area contributed by atoms with Crippen LogP contribution in [0.2, 0.25) is 0 Å². The topological polar surface area (TPSA) is 20.2 Å². The van der Waals surface area contributed by atoms with E-state index in [1.54, 1.807) is 6.92 Å². The first-order chi connectivity index (χ1) is 7.37. The molecule has 16 heavy (non-hydrogen) atoms. The number of hydrogen-bond donors (Lipinski definition) is 1. The quantitative estimate of drug-likeness (QED) is 0.705. The molecule has 1 aliphatic carbocycles. The van der Waals surface area contributed by atoms with Crippen LogP contribution in [-0.4, -0.2) is 10.7 Å². The van der Waals surface area contributed by atoms with Crippen molar-refractivity contribution in [2.45, 2.75) is 46.1 Å². The van der Waals surface area contributed by atoms with Gasteiger partial charge in [0.2, 0.25) is 0 Å². The van der Waals surface area contributed by atoms with Gasteiger partial charge in [0.1, 0.15) is 5.60 Å². The summed E-state index contributed by atoms with van der Waals surface area (Å²) in [5.74, 6) is 3.64. The third-order valence-corrected chi connectivity index (χ3v) is 3.63. The fraction of sp³-hybridized carbons (Fsp3) is 0.600. The van der Waals surface area contributed by atoms with Crippen molar-refractivity contribution in [3.05, 3.63) is 23.3 Å². The van der Waals surface area contributed by atoms with E-state index >= 15 is 0 Å². The lowest BCUT2D eigenvalue weighted by Crippen LogP contribution is -2.21. The highest BCUT2D eigenvalue weighted by Gasteiger charge is 2.22. The second-order valence-electron chi connectivity index (χ2n) is 5.17. The Bertz CT molecular complexity index is 352. The second-order valence-corrected chi connectivity index (χ2v) is 5.17. The summed E-state index contributed by atoms with van der Waals surface area (Å²) in [6.45, 7) is 8.33. The molecule has 0 saturated heterocycles. The molecule has 0 aliphatic heterocycles. The first kappa shape index (κ1) is 13.1. The average molecular weight is 218 g/mol. The Kier molecular flexibility index (Phi) is 3.99. The van der Waals surface area contributed by atoms with Crippen LogP contribution in [0.4, 0.5) is 0 Å². The molecule has 0 spiro atoms. The van der Waals surface area contributed by atoms with Crippen LogP contribution in [0.25, 0.3) is 0 Å². The van der Waals surface area contributed by atoms with E-state index in [2.05, 4.69) is 38.8 Å². The highest BCUT2D eigenvalue weighted by atomic mass is 16.3. The summed E-state index contributed by atoms with van der Waals surface area (Å²) in [6, 6.07) is 0. The van der Waals surface area contributed by atoms with Crippen LogP contribution < -0.4 is 0 Å². The molecule has 88 valence electrons. The molecule has 0 radical (unpaired) electrons. The van der Waals surface area contributed by atoms with Gasteiger partial charge in [0.25, 0.3) is 0 Å². The maximum atomic E-state index is 9.79. The first-order valence-corrected chi connectivity index (χ1v) is 5.94. The molecule has 0 heterocycles. The van der Waals surface area contributed by atoms with E-state index in [4.69, 9.17) is 6.42 Å². The minimum atomic E-state index is -1.02. The van der Waals surface area contributed by atoms with Gasteiger partial charge < -0.3 is 5.11 Å². The summed E-state index contributed by atoms with van der Waals surface area (Å²) in [7, 11) is 0. The van der Waals surface area contributed by atoms with Gasteiger partial charge in [-0.2, -0.15) is 0 Å². The molecule has 0 saturated carbocycles. The van der Waals surface area contributed by atoms with E-state index in [1.165, 1.54) is 11.1 Å². The van der Waals surface area contributed by atoms with Gasteiger partial charge in [0, 0.05) is 6.42 Å². The normalized spacial score (nSPS) is 31.8. The van der Waals surface area contributed by atoms with Gasteiger partial charge in [-0.05, 0) is 37.7 Å². The summed E-state index contributed by atoms with van der Waals surface area (Å²) in [6.07, 6.45) is 11.3. The summed E-state index contributed by atoms with van der Waals surface area (Å²) in [5, 5.41) is 9.79. The molecule has 0 bridgehead atoms. The minimum absolute atomic E-state index is 0.529. The highest BCUT2D eigenvalue weighted by Crippen LogP contribution is 2.34. The van der Waals surface area contributed by atoms with Crippen LogP contribution in [-0.2, 0) is 0 Å². The lowest BCUT2D eigenvalue weighted by Gasteiger charge is -2.28. The molecule has 1 rings (SSSR count). The zero-order valence-corrected chi connectivity index (χ0v) is 10.7. The van der Waals surface area contributed by atoms with Crippen molar-refractivity contribution in [3.63, 3.8) is 0 Å². The first-order valence-electron chi connectivity index (χ1n) is 5.94.